The normalized spacial score (nSPS) is 16.6. The molecular weight excluding hydrogens is 222 g/mol. The highest BCUT2D eigenvalue weighted by atomic mass is 16.5. The van der Waals surface area contributed by atoms with Crippen LogP contribution in [0.4, 0.5) is 0 Å². The summed E-state index contributed by atoms with van der Waals surface area (Å²) in [6.07, 6.45) is 5.10. The van der Waals surface area contributed by atoms with E-state index in [4.69, 9.17) is 4.74 Å². The van der Waals surface area contributed by atoms with E-state index in [2.05, 4.69) is 37.4 Å². The lowest BCUT2D eigenvalue weighted by Crippen LogP contribution is -2.20. The van der Waals surface area contributed by atoms with Gasteiger partial charge < -0.3 is 10.1 Å². The summed E-state index contributed by atoms with van der Waals surface area (Å²) in [6, 6.07) is 7.27. The van der Waals surface area contributed by atoms with Crippen molar-refractivity contribution >= 4 is 0 Å². The van der Waals surface area contributed by atoms with Gasteiger partial charge in [0.1, 0.15) is 5.75 Å². The van der Waals surface area contributed by atoms with E-state index < -0.39 is 0 Å². The molecule has 0 heterocycles. The molecule has 0 amide bonds. The largest absolute Gasteiger partial charge is 0.496 e. The van der Waals surface area contributed by atoms with Gasteiger partial charge in [-0.2, -0.15) is 0 Å². The number of nitrogens with one attached hydrogen (secondary N) is 1. The minimum Gasteiger partial charge on any atom is -0.496 e. The Morgan fingerprint density at radius 3 is 2.83 bits per heavy atom. The number of rotatable bonds is 7. The SMILES string of the molecule is COc1ccc(C)cc1CC(C)CCNC1CC1. The Labute approximate surface area is 111 Å². The van der Waals surface area contributed by atoms with Crippen molar-refractivity contribution in [2.24, 2.45) is 5.92 Å². The van der Waals surface area contributed by atoms with Crippen LogP contribution in [0.1, 0.15) is 37.3 Å². The first-order valence-electron chi connectivity index (χ1n) is 7.06. The number of aryl methyl sites for hydroxylation is 1. The fourth-order valence-corrected chi connectivity index (χ4v) is 2.37. The number of hydrogen-bond donors (Lipinski definition) is 1. The topological polar surface area (TPSA) is 21.3 Å². The number of ether oxygens (including phenoxy) is 1. The van der Waals surface area contributed by atoms with Crippen molar-refractivity contribution < 1.29 is 4.74 Å². The fourth-order valence-electron chi connectivity index (χ4n) is 2.37. The molecule has 1 atom stereocenters. The summed E-state index contributed by atoms with van der Waals surface area (Å²) >= 11 is 0. The van der Waals surface area contributed by atoms with E-state index >= 15 is 0 Å². The molecular formula is C16H25NO. The summed E-state index contributed by atoms with van der Waals surface area (Å²) in [5, 5.41) is 3.58. The Bertz CT molecular complexity index is 385. The molecule has 1 aromatic carbocycles. The van der Waals surface area contributed by atoms with Crippen LogP contribution < -0.4 is 10.1 Å². The summed E-state index contributed by atoms with van der Waals surface area (Å²) in [7, 11) is 1.76. The van der Waals surface area contributed by atoms with E-state index in [1.165, 1.54) is 30.4 Å². The van der Waals surface area contributed by atoms with Crippen molar-refractivity contribution in [3.05, 3.63) is 29.3 Å². The molecule has 1 fully saturated rings. The Hall–Kier alpha value is -1.02. The average molecular weight is 247 g/mol. The first-order chi connectivity index (χ1) is 8.69. The molecule has 0 aromatic heterocycles. The molecule has 1 aromatic rings. The zero-order chi connectivity index (χ0) is 13.0. The average Bonchev–Trinajstić information content (AvgIpc) is 3.13. The summed E-state index contributed by atoms with van der Waals surface area (Å²) < 4.78 is 5.44. The van der Waals surface area contributed by atoms with Gasteiger partial charge in [-0.3, -0.25) is 0 Å². The molecule has 18 heavy (non-hydrogen) atoms. The molecule has 1 aliphatic carbocycles. The van der Waals surface area contributed by atoms with Crippen LogP contribution in [0.2, 0.25) is 0 Å². The van der Waals surface area contributed by atoms with Gasteiger partial charge in [0, 0.05) is 6.04 Å². The van der Waals surface area contributed by atoms with Crippen molar-refractivity contribution in [3.63, 3.8) is 0 Å². The molecule has 100 valence electrons. The summed E-state index contributed by atoms with van der Waals surface area (Å²) in [5.41, 5.74) is 2.66. The van der Waals surface area contributed by atoms with Gasteiger partial charge in [-0.1, -0.05) is 24.6 Å². The summed E-state index contributed by atoms with van der Waals surface area (Å²) in [4.78, 5) is 0. The van der Waals surface area contributed by atoms with Crippen LogP contribution in [0.25, 0.3) is 0 Å². The first kappa shape index (κ1) is 13.4. The van der Waals surface area contributed by atoms with Crippen molar-refractivity contribution in [3.8, 4) is 5.75 Å². The highest BCUT2D eigenvalue weighted by molar-refractivity contribution is 5.37. The summed E-state index contributed by atoms with van der Waals surface area (Å²) in [5.74, 6) is 1.73. The lowest BCUT2D eigenvalue weighted by atomic mass is 9.96. The standard InChI is InChI=1S/C16H25NO/c1-12-4-7-16(18-3)14(10-12)11-13(2)8-9-17-15-5-6-15/h4,7,10,13,15,17H,5-6,8-9,11H2,1-3H3. The van der Waals surface area contributed by atoms with Crippen LogP contribution in [0.5, 0.6) is 5.75 Å². The maximum Gasteiger partial charge on any atom is 0.122 e. The maximum atomic E-state index is 5.44. The van der Waals surface area contributed by atoms with Crippen molar-refractivity contribution in [1.82, 2.24) is 5.32 Å². The Kier molecular flexibility index (Phi) is 4.65. The molecule has 1 N–H and O–H groups in total. The monoisotopic (exact) mass is 247 g/mol. The quantitative estimate of drug-likeness (QED) is 0.798. The van der Waals surface area contributed by atoms with Gasteiger partial charge >= 0.3 is 0 Å². The molecule has 1 aliphatic rings. The minimum atomic E-state index is 0.701. The lowest BCUT2D eigenvalue weighted by Gasteiger charge is -2.15. The Morgan fingerprint density at radius 2 is 2.17 bits per heavy atom. The van der Waals surface area contributed by atoms with Crippen LogP contribution in [-0.2, 0) is 6.42 Å². The Morgan fingerprint density at radius 1 is 1.39 bits per heavy atom. The third-order valence-electron chi connectivity index (χ3n) is 3.65. The van der Waals surface area contributed by atoms with Crippen LogP contribution in [0, 0.1) is 12.8 Å². The van der Waals surface area contributed by atoms with Gasteiger partial charge in [0.2, 0.25) is 0 Å². The van der Waals surface area contributed by atoms with Gasteiger partial charge in [-0.25, -0.2) is 0 Å². The van der Waals surface area contributed by atoms with E-state index in [-0.39, 0.29) is 0 Å². The van der Waals surface area contributed by atoms with Crippen LogP contribution >= 0.6 is 0 Å². The van der Waals surface area contributed by atoms with E-state index in [0.717, 1.165) is 24.8 Å². The lowest BCUT2D eigenvalue weighted by molar-refractivity contribution is 0.403. The minimum absolute atomic E-state index is 0.701. The zero-order valence-corrected chi connectivity index (χ0v) is 11.8. The predicted octanol–water partition coefficient (Wildman–Crippen LogP) is 3.32. The van der Waals surface area contributed by atoms with E-state index in [1.807, 2.05) is 0 Å². The molecule has 0 radical (unpaired) electrons. The molecule has 0 aliphatic heterocycles. The van der Waals surface area contributed by atoms with Crippen LogP contribution in [0.3, 0.4) is 0 Å². The van der Waals surface area contributed by atoms with Gasteiger partial charge in [0.15, 0.2) is 0 Å². The first-order valence-corrected chi connectivity index (χ1v) is 7.06. The molecule has 0 saturated heterocycles. The second kappa shape index (κ2) is 6.24. The third kappa shape index (κ3) is 4.02. The number of methoxy groups -OCH3 is 1. The zero-order valence-electron chi connectivity index (χ0n) is 11.8. The van der Waals surface area contributed by atoms with Gasteiger partial charge in [0.25, 0.3) is 0 Å². The van der Waals surface area contributed by atoms with Gasteiger partial charge in [-0.15, -0.1) is 0 Å². The molecule has 1 unspecified atom stereocenters. The van der Waals surface area contributed by atoms with E-state index in [0.29, 0.717) is 5.92 Å². The van der Waals surface area contributed by atoms with Gasteiger partial charge in [-0.05, 0) is 56.7 Å². The second-order valence-corrected chi connectivity index (χ2v) is 5.64. The van der Waals surface area contributed by atoms with Crippen molar-refractivity contribution in [2.75, 3.05) is 13.7 Å². The molecule has 0 bridgehead atoms. The molecule has 1 saturated carbocycles. The predicted molar refractivity (Wildman–Crippen MR) is 76.2 cm³/mol. The van der Waals surface area contributed by atoms with Crippen molar-refractivity contribution in [2.45, 2.75) is 45.6 Å². The van der Waals surface area contributed by atoms with Gasteiger partial charge in [0.05, 0.1) is 7.11 Å². The maximum absolute atomic E-state index is 5.44. The van der Waals surface area contributed by atoms with E-state index in [1.54, 1.807) is 7.11 Å². The molecule has 2 nitrogen and oxygen atoms in total. The van der Waals surface area contributed by atoms with E-state index in [9.17, 15) is 0 Å². The highest BCUT2D eigenvalue weighted by Gasteiger charge is 2.20. The smallest absolute Gasteiger partial charge is 0.122 e. The number of hydrogen-bond acceptors (Lipinski definition) is 2. The second-order valence-electron chi connectivity index (χ2n) is 5.64. The highest BCUT2D eigenvalue weighted by Crippen LogP contribution is 2.24. The fraction of sp³-hybridized carbons (Fsp3) is 0.625. The third-order valence-corrected chi connectivity index (χ3v) is 3.65. The Balaban J connectivity index is 1.84. The van der Waals surface area contributed by atoms with Crippen LogP contribution in [0.15, 0.2) is 18.2 Å². The molecule has 2 rings (SSSR count). The summed E-state index contributed by atoms with van der Waals surface area (Å²) in [6.45, 7) is 5.62. The van der Waals surface area contributed by atoms with Crippen molar-refractivity contribution in [1.29, 1.82) is 0 Å². The van der Waals surface area contributed by atoms with Crippen LogP contribution in [-0.4, -0.2) is 19.7 Å². The number of benzene rings is 1. The molecule has 2 heteroatoms. The molecule has 0 spiro atoms.